The smallest absolute Gasteiger partial charge is 0.156 e. The summed E-state index contributed by atoms with van der Waals surface area (Å²) in [5, 5.41) is 4.83. The van der Waals surface area contributed by atoms with Gasteiger partial charge >= 0.3 is 0 Å². The highest BCUT2D eigenvalue weighted by atomic mass is 32.2. The summed E-state index contributed by atoms with van der Waals surface area (Å²) in [5.41, 5.74) is 0.281. The van der Waals surface area contributed by atoms with Crippen molar-refractivity contribution in [2.45, 2.75) is 71.3 Å². The largest absolute Gasteiger partial charge is 0.360 e. The Bertz CT molecular complexity index is 316. The molecule has 2 fully saturated rings. The lowest BCUT2D eigenvalue weighted by Gasteiger charge is -2.35. The quantitative estimate of drug-likeness (QED) is 0.823. The SMILES string of the molecule is CCC1(C)CCSC(=NCCC2CCCC(C)C2)N1. The van der Waals surface area contributed by atoms with Gasteiger partial charge < -0.3 is 5.32 Å². The molecule has 0 spiro atoms. The van der Waals surface area contributed by atoms with E-state index in [2.05, 4.69) is 26.1 Å². The van der Waals surface area contributed by atoms with Crippen LogP contribution >= 0.6 is 11.8 Å². The number of hydrogen-bond acceptors (Lipinski definition) is 2. The second kappa shape index (κ2) is 7.01. The van der Waals surface area contributed by atoms with Crippen molar-refractivity contribution in [3.63, 3.8) is 0 Å². The summed E-state index contributed by atoms with van der Waals surface area (Å²) in [5.74, 6) is 3.09. The van der Waals surface area contributed by atoms with E-state index in [0.717, 1.165) is 18.4 Å². The average Bonchev–Trinajstić information content (AvgIpc) is 2.39. The summed E-state index contributed by atoms with van der Waals surface area (Å²) >= 11 is 1.91. The van der Waals surface area contributed by atoms with E-state index in [1.165, 1.54) is 55.9 Å². The van der Waals surface area contributed by atoms with Crippen LogP contribution in [0.2, 0.25) is 0 Å². The van der Waals surface area contributed by atoms with Crippen LogP contribution < -0.4 is 5.32 Å². The molecule has 0 aromatic heterocycles. The second-order valence-electron chi connectivity index (χ2n) is 6.75. The zero-order chi connectivity index (χ0) is 13.7. The molecule has 0 amide bonds. The Morgan fingerprint density at radius 2 is 2.26 bits per heavy atom. The van der Waals surface area contributed by atoms with Crippen molar-refractivity contribution in [3.05, 3.63) is 0 Å². The monoisotopic (exact) mass is 282 g/mol. The Hall–Kier alpha value is -0.180. The third-order valence-electron chi connectivity index (χ3n) is 4.92. The second-order valence-corrected chi connectivity index (χ2v) is 7.83. The first-order valence-electron chi connectivity index (χ1n) is 8.07. The molecule has 1 heterocycles. The lowest BCUT2D eigenvalue weighted by atomic mass is 9.81. The Labute approximate surface area is 123 Å². The van der Waals surface area contributed by atoms with Crippen LogP contribution in [-0.2, 0) is 0 Å². The van der Waals surface area contributed by atoms with Crippen molar-refractivity contribution >= 4 is 16.9 Å². The molecule has 2 nitrogen and oxygen atoms in total. The van der Waals surface area contributed by atoms with Crippen LogP contribution in [0.25, 0.3) is 0 Å². The van der Waals surface area contributed by atoms with E-state index >= 15 is 0 Å². The van der Waals surface area contributed by atoms with Crippen LogP contribution in [0.3, 0.4) is 0 Å². The molecule has 19 heavy (non-hydrogen) atoms. The predicted molar refractivity (Wildman–Crippen MR) is 86.9 cm³/mol. The molecule has 1 aliphatic heterocycles. The van der Waals surface area contributed by atoms with Gasteiger partial charge in [0.15, 0.2) is 5.17 Å². The van der Waals surface area contributed by atoms with Crippen LogP contribution in [-0.4, -0.2) is 23.0 Å². The number of hydrogen-bond donors (Lipinski definition) is 1. The molecule has 3 atom stereocenters. The third kappa shape index (κ3) is 4.70. The minimum atomic E-state index is 0.281. The van der Waals surface area contributed by atoms with Gasteiger partial charge in [0.2, 0.25) is 0 Å². The van der Waals surface area contributed by atoms with Crippen molar-refractivity contribution < 1.29 is 0 Å². The number of rotatable bonds is 4. The predicted octanol–water partition coefficient (Wildman–Crippen LogP) is 4.45. The Morgan fingerprint density at radius 3 is 3.00 bits per heavy atom. The van der Waals surface area contributed by atoms with Gasteiger partial charge in [-0.2, -0.15) is 0 Å². The Balaban J connectivity index is 1.75. The van der Waals surface area contributed by atoms with E-state index in [9.17, 15) is 0 Å². The first kappa shape index (κ1) is 15.2. The topological polar surface area (TPSA) is 24.4 Å². The molecule has 1 N–H and O–H groups in total. The highest BCUT2D eigenvalue weighted by molar-refractivity contribution is 8.13. The van der Waals surface area contributed by atoms with E-state index in [0.29, 0.717) is 0 Å². The number of amidine groups is 1. The highest BCUT2D eigenvalue weighted by Crippen LogP contribution is 2.31. The number of aliphatic imine (C=N–C) groups is 1. The zero-order valence-electron chi connectivity index (χ0n) is 12.9. The maximum atomic E-state index is 4.81. The average molecular weight is 282 g/mol. The lowest BCUT2D eigenvalue weighted by Crippen LogP contribution is -2.48. The molecule has 110 valence electrons. The molecule has 3 unspecified atom stereocenters. The molecule has 1 aliphatic carbocycles. The van der Waals surface area contributed by atoms with Crippen molar-refractivity contribution in [3.8, 4) is 0 Å². The Morgan fingerprint density at radius 1 is 1.42 bits per heavy atom. The molecule has 2 aliphatic rings. The van der Waals surface area contributed by atoms with Crippen molar-refractivity contribution in [1.29, 1.82) is 0 Å². The van der Waals surface area contributed by atoms with Gasteiger partial charge in [-0.25, -0.2) is 0 Å². The standard InChI is InChI=1S/C16H30N2S/c1-4-16(3)9-11-19-15(18-16)17-10-8-14-7-5-6-13(2)12-14/h13-14H,4-12H2,1-3H3,(H,17,18). The maximum Gasteiger partial charge on any atom is 0.156 e. The van der Waals surface area contributed by atoms with Crippen molar-refractivity contribution in [2.75, 3.05) is 12.3 Å². The summed E-state index contributed by atoms with van der Waals surface area (Å²) in [6.45, 7) is 8.02. The molecule has 2 rings (SSSR count). The van der Waals surface area contributed by atoms with Crippen LogP contribution in [0.15, 0.2) is 4.99 Å². The first-order chi connectivity index (χ1) is 9.11. The van der Waals surface area contributed by atoms with E-state index in [4.69, 9.17) is 4.99 Å². The normalized spacial score (nSPS) is 38.2. The van der Waals surface area contributed by atoms with E-state index < -0.39 is 0 Å². The van der Waals surface area contributed by atoms with Crippen LogP contribution in [0.4, 0.5) is 0 Å². The molecular weight excluding hydrogens is 252 g/mol. The van der Waals surface area contributed by atoms with Crippen LogP contribution in [0.1, 0.15) is 65.7 Å². The fraction of sp³-hybridized carbons (Fsp3) is 0.938. The maximum absolute atomic E-state index is 4.81. The van der Waals surface area contributed by atoms with Gasteiger partial charge in [-0.3, -0.25) is 4.99 Å². The Kier molecular flexibility index (Phi) is 5.61. The van der Waals surface area contributed by atoms with E-state index in [1.54, 1.807) is 0 Å². The molecule has 1 saturated carbocycles. The molecule has 1 saturated heterocycles. The van der Waals surface area contributed by atoms with E-state index in [1.807, 2.05) is 11.8 Å². The summed E-state index contributed by atoms with van der Waals surface area (Å²) in [6.07, 6.45) is 9.47. The van der Waals surface area contributed by atoms with Gasteiger partial charge in [0.05, 0.1) is 0 Å². The number of thioether (sulfide) groups is 1. The summed E-state index contributed by atoms with van der Waals surface area (Å²) in [4.78, 5) is 4.81. The zero-order valence-corrected chi connectivity index (χ0v) is 13.7. The highest BCUT2D eigenvalue weighted by Gasteiger charge is 2.27. The lowest BCUT2D eigenvalue weighted by molar-refractivity contribution is 0.272. The van der Waals surface area contributed by atoms with Gasteiger partial charge in [0.1, 0.15) is 0 Å². The molecule has 3 heteroatoms. The molecule has 0 radical (unpaired) electrons. The van der Waals surface area contributed by atoms with Crippen molar-refractivity contribution in [2.24, 2.45) is 16.8 Å². The van der Waals surface area contributed by atoms with Crippen molar-refractivity contribution in [1.82, 2.24) is 5.32 Å². The van der Waals surface area contributed by atoms with E-state index in [-0.39, 0.29) is 5.54 Å². The number of nitrogens with zero attached hydrogens (tertiary/aromatic N) is 1. The van der Waals surface area contributed by atoms with Gasteiger partial charge in [0.25, 0.3) is 0 Å². The molecule has 0 aromatic rings. The minimum Gasteiger partial charge on any atom is -0.360 e. The fourth-order valence-electron chi connectivity index (χ4n) is 3.25. The summed E-state index contributed by atoms with van der Waals surface area (Å²) < 4.78 is 0. The summed E-state index contributed by atoms with van der Waals surface area (Å²) in [7, 11) is 0. The first-order valence-corrected chi connectivity index (χ1v) is 9.05. The van der Waals surface area contributed by atoms with Gasteiger partial charge in [-0.05, 0) is 44.4 Å². The van der Waals surface area contributed by atoms with Crippen LogP contribution in [0.5, 0.6) is 0 Å². The molecular formula is C16H30N2S. The fourth-order valence-corrected chi connectivity index (χ4v) is 4.50. The van der Waals surface area contributed by atoms with Gasteiger partial charge in [-0.1, -0.05) is 44.9 Å². The van der Waals surface area contributed by atoms with Gasteiger partial charge in [0, 0.05) is 17.8 Å². The minimum absolute atomic E-state index is 0.281. The van der Waals surface area contributed by atoms with Gasteiger partial charge in [-0.15, -0.1) is 0 Å². The summed E-state index contributed by atoms with van der Waals surface area (Å²) in [6, 6.07) is 0. The molecule has 0 aromatic carbocycles. The third-order valence-corrected chi connectivity index (χ3v) is 5.83. The number of nitrogens with one attached hydrogen (secondary N) is 1. The van der Waals surface area contributed by atoms with Crippen LogP contribution in [0, 0.1) is 11.8 Å². The molecule has 0 bridgehead atoms.